The SMILES string of the molecule is COc1cc(OC)cc(-c2nc(S/C(=C\c3c(C)n(Cc4ccc(Br)cc4)c4ccccc34)C(=O)O)n[nH]2)c1. The normalized spacial score (nSPS) is 11.6. The molecule has 0 aliphatic heterocycles. The fourth-order valence-electron chi connectivity index (χ4n) is 4.35. The monoisotopic (exact) mass is 604 g/mol. The first-order valence-electron chi connectivity index (χ1n) is 12.0. The Bertz CT molecular complexity index is 1670. The Kier molecular flexibility index (Phi) is 7.76. The number of nitrogens with zero attached hydrogens (tertiary/aromatic N) is 3. The van der Waals surface area contributed by atoms with Crippen LogP contribution in [0.1, 0.15) is 16.8 Å². The van der Waals surface area contributed by atoms with Gasteiger partial charge in [-0.3, -0.25) is 5.10 Å². The molecule has 0 atom stereocenters. The van der Waals surface area contributed by atoms with Crippen molar-refractivity contribution in [3.05, 3.63) is 92.9 Å². The van der Waals surface area contributed by atoms with Crippen LogP contribution in [0, 0.1) is 6.92 Å². The molecule has 39 heavy (non-hydrogen) atoms. The number of hydrogen-bond donors (Lipinski definition) is 2. The molecule has 5 aromatic rings. The quantitative estimate of drug-likeness (QED) is 0.141. The van der Waals surface area contributed by atoms with Crippen LogP contribution in [0.3, 0.4) is 0 Å². The maximum absolute atomic E-state index is 12.3. The van der Waals surface area contributed by atoms with Gasteiger partial charge in [0.25, 0.3) is 0 Å². The highest BCUT2D eigenvalue weighted by atomic mass is 79.9. The Morgan fingerprint density at radius 3 is 2.44 bits per heavy atom. The lowest BCUT2D eigenvalue weighted by molar-refractivity contribution is -0.131. The topological polar surface area (TPSA) is 102 Å². The first kappa shape index (κ1) is 26.6. The van der Waals surface area contributed by atoms with Crippen molar-refractivity contribution < 1.29 is 19.4 Å². The van der Waals surface area contributed by atoms with Gasteiger partial charge in [0.15, 0.2) is 5.82 Å². The summed E-state index contributed by atoms with van der Waals surface area (Å²) in [6.07, 6.45) is 1.70. The van der Waals surface area contributed by atoms with Crippen molar-refractivity contribution in [3.63, 3.8) is 0 Å². The highest BCUT2D eigenvalue weighted by molar-refractivity contribution is 9.10. The molecule has 3 aromatic carbocycles. The Morgan fingerprint density at radius 2 is 1.77 bits per heavy atom. The average molecular weight is 606 g/mol. The fraction of sp³-hybridized carbons (Fsp3) is 0.138. The van der Waals surface area contributed by atoms with E-state index in [2.05, 4.69) is 53.9 Å². The van der Waals surface area contributed by atoms with E-state index in [1.165, 1.54) is 0 Å². The number of halogens is 1. The number of nitrogens with one attached hydrogen (secondary N) is 1. The summed E-state index contributed by atoms with van der Waals surface area (Å²) in [5, 5.41) is 18.5. The lowest BCUT2D eigenvalue weighted by Crippen LogP contribution is -2.02. The van der Waals surface area contributed by atoms with E-state index in [1.54, 1.807) is 38.5 Å². The van der Waals surface area contributed by atoms with Crippen molar-refractivity contribution in [1.82, 2.24) is 19.7 Å². The molecule has 0 spiro atoms. The summed E-state index contributed by atoms with van der Waals surface area (Å²) >= 11 is 4.48. The summed E-state index contributed by atoms with van der Waals surface area (Å²) in [5.41, 5.74) is 4.70. The second-order valence-electron chi connectivity index (χ2n) is 8.71. The van der Waals surface area contributed by atoms with Gasteiger partial charge in [0.2, 0.25) is 5.16 Å². The first-order chi connectivity index (χ1) is 18.9. The number of para-hydroxylation sites is 1. The molecule has 0 aliphatic carbocycles. The maximum Gasteiger partial charge on any atom is 0.342 e. The highest BCUT2D eigenvalue weighted by Gasteiger charge is 2.19. The van der Waals surface area contributed by atoms with Gasteiger partial charge >= 0.3 is 5.97 Å². The Balaban J connectivity index is 1.50. The van der Waals surface area contributed by atoms with E-state index in [1.807, 2.05) is 37.3 Å². The number of carbonyl (C=O) groups is 1. The third-order valence-electron chi connectivity index (χ3n) is 6.31. The van der Waals surface area contributed by atoms with Crippen LogP contribution in [0.2, 0.25) is 0 Å². The number of aliphatic carboxylic acids is 1. The molecular weight excluding hydrogens is 580 g/mol. The van der Waals surface area contributed by atoms with Gasteiger partial charge in [0.05, 0.1) is 14.2 Å². The number of benzene rings is 3. The third kappa shape index (κ3) is 5.71. The van der Waals surface area contributed by atoms with Crippen LogP contribution in [0.4, 0.5) is 0 Å². The third-order valence-corrected chi connectivity index (χ3v) is 7.72. The van der Waals surface area contributed by atoms with Gasteiger partial charge < -0.3 is 19.1 Å². The molecule has 8 nitrogen and oxygen atoms in total. The zero-order valence-electron chi connectivity index (χ0n) is 21.4. The second kappa shape index (κ2) is 11.4. The molecule has 5 rings (SSSR count). The summed E-state index contributed by atoms with van der Waals surface area (Å²) in [7, 11) is 3.14. The van der Waals surface area contributed by atoms with Gasteiger partial charge in [-0.2, -0.15) is 0 Å². The minimum Gasteiger partial charge on any atom is -0.497 e. The van der Waals surface area contributed by atoms with Crippen molar-refractivity contribution in [1.29, 1.82) is 0 Å². The van der Waals surface area contributed by atoms with Crippen LogP contribution in [0.5, 0.6) is 11.5 Å². The minimum absolute atomic E-state index is 0.110. The number of fused-ring (bicyclic) bond motifs is 1. The molecule has 0 bridgehead atoms. The fourth-order valence-corrected chi connectivity index (χ4v) is 5.30. The number of methoxy groups -OCH3 is 2. The zero-order chi connectivity index (χ0) is 27.5. The van der Waals surface area contributed by atoms with E-state index in [0.29, 0.717) is 29.4 Å². The summed E-state index contributed by atoms with van der Waals surface area (Å²) in [5.74, 6) is 0.632. The Labute approximate surface area is 237 Å². The molecule has 2 heterocycles. The molecule has 0 saturated carbocycles. The average Bonchev–Trinajstić information content (AvgIpc) is 3.52. The lowest BCUT2D eigenvalue weighted by Gasteiger charge is -2.09. The van der Waals surface area contributed by atoms with Crippen LogP contribution in [-0.2, 0) is 11.3 Å². The van der Waals surface area contributed by atoms with E-state index < -0.39 is 5.97 Å². The van der Waals surface area contributed by atoms with E-state index in [-0.39, 0.29) is 10.1 Å². The van der Waals surface area contributed by atoms with E-state index in [9.17, 15) is 9.90 Å². The number of rotatable bonds is 9. The number of aromatic amines is 1. The van der Waals surface area contributed by atoms with Crippen LogP contribution in [-0.4, -0.2) is 45.0 Å². The molecule has 198 valence electrons. The van der Waals surface area contributed by atoms with E-state index in [0.717, 1.165) is 44.0 Å². The van der Waals surface area contributed by atoms with Gasteiger partial charge in [0, 0.05) is 44.8 Å². The van der Waals surface area contributed by atoms with Gasteiger partial charge in [-0.25, -0.2) is 9.78 Å². The number of hydrogen-bond acceptors (Lipinski definition) is 6. The smallest absolute Gasteiger partial charge is 0.342 e. The van der Waals surface area contributed by atoms with Crippen LogP contribution < -0.4 is 9.47 Å². The lowest BCUT2D eigenvalue weighted by atomic mass is 10.1. The largest absolute Gasteiger partial charge is 0.497 e. The standard InChI is InChI=1S/C29H25BrN4O4S/c1-17-24(23-6-4-5-7-25(23)34(17)16-18-8-10-20(30)11-9-18)15-26(28(35)36)39-29-31-27(32-33-29)19-12-21(37-2)14-22(13-19)38-3/h4-15H,16H2,1-3H3,(H,35,36)(H,31,32,33)/b26-15-. The summed E-state index contributed by atoms with van der Waals surface area (Å²) in [4.78, 5) is 17.0. The van der Waals surface area contributed by atoms with Crippen molar-refractivity contribution in [2.24, 2.45) is 0 Å². The highest BCUT2D eigenvalue weighted by Crippen LogP contribution is 2.34. The Morgan fingerprint density at radius 1 is 1.08 bits per heavy atom. The molecule has 0 amide bonds. The molecule has 2 N–H and O–H groups in total. The van der Waals surface area contributed by atoms with Crippen LogP contribution in [0.25, 0.3) is 28.4 Å². The molecular formula is C29H25BrN4O4S. The van der Waals surface area contributed by atoms with Crippen molar-refractivity contribution >= 4 is 50.6 Å². The van der Waals surface area contributed by atoms with Crippen LogP contribution >= 0.6 is 27.7 Å². The number of thioether (sulfide) groups is 1. The number of H-pyrrole nitrogens is 1. The zero-order valence-corrected chi connectivity index (χ0v) is 23.8. The summed E-state index contributed by atoms with van der Waals surface area (Å²) in [6, 6.07) is 21.6. The molecule has 0 fully saturated rings. The molecule has 2 aromatic heterocycles. The number of carboxylic acid groups (broad SMARTS) is 1. The molecule has 0 aliphatic rings. The maximum atomic E-state index is 12.3. The number of aromatic nitrogens is 4. The van der Waals surface area contributed by atoms with Crippen molar-refractivity contribution in [2.45, 2.75) is 18.6 Å². The van der Waals surface area contributed by atoms with Crippen molar-refractivity contribution in [2.75, 3.05) is 14.2 Å². The minimum atomic E-state index is -1.06. The molecule has 10 heteroatoms. The Hall–Kier alpha value is -4.02. The molecule has 0 unspecified atom stereocenters. The van der Waals surface area contributed by atoms with E-state index >= 15 is 0 Å². The van der Waals surface area contributed by atoms with Gasteiger partial charge in [-0.05, 0) is 60.7 Å². The summed E-state index contributed by atoms with van der Waals surface area (Å²) < 4.78 is 13.9. The van der Waals surface area contributed by atoms with E-state index in [4.69, 9.17) is 9.47 Å². The summed E-state index contributed by atoms with van der Waals surface area (Å²) in [6.45, 7) is 2.67. The number of carboxylic acids is 1. The molecule has 0 saturated heterocycles. The van der Waals surface area contributed by atoms with Gasteiger partial charge in [-0.1, -0.05) is 46.3 Å². The first-order valence-corrected chi connectivity index (χ1v) is 13.6. The van der Waals surface area contributed by atoms with Gasteiger partial charge in [0.1, 0.15) is 16.4 Å². The predicted octanol–water partition coefficient (Wildman–Crippen LogP) is 6.78. The van der Waals surface area contributed by atoms with Gasteiger partial charge in [-0.15, -0.1) is 5.10 Å². The predicted molar refractivity (Wildman–Crippen MR) is 156 cm³/mol. The number of ether oxygens (including phenoxy) is 2. The molecule has 0 radical (unpaired) electrons. The second-order valence-corrected chi connectivity index (χ2v) is 10.6. The van der Waals surface area contributed by atoms with Crippen molar-refractivity contribution in [3.8, 4) is 22.9 Å². The van der Waals surface area contributed by atoms with Crippen LogP contribution in [0.15, 0.2) is 81.3 Å².